The van der Waals surface area contributed by atoms with Crippen molar-refractivity contribution in [3.05, 3.63) is 11.6 Å². The number of ether oxygens (including phenoxy) is 1. The number of methoxy groups -OCH3 is 1. The average molecular weight is 188 g/mol. The summed E-state index contributed by atoms with van der Waals surface area (Å²) in [5.74, 6) is 0.507. The number of nitrogens with zero attached hydrogens (tertiary/aromatic N) is 1. The van der Waals surface area contributed by atoms with Gasteiger partial charge in [-0.2, -0.15) is 0 Å². The molecule has 0 aromatic carbocycles. The topological polar surface area (TPSA) is 50.7 Å². The van der Waals surface area contributed by atoms with E-state index in [0.717, 1.165) is 0 Å². The molecule has 0 heterocycles. The van der Waals surface area contributed by atoms with E-state index in [2.05, 4.69) is 15.0 Å². The summed E-state index contributed by atoms with van der Waals surface area (Å²) in [6.45, 7) is 1.68. The van der Waals surface area contributed by atoms with Crippen molar-refractivity contribution in [3.63, 3.8) is 0 Å². The lowest BCUT2D eigenvalue weighted by Crippen LogP contribution is -2.27. The number of carbonyl (C=O) groups is 1. The number of hydrogen-bond acceptors (Lipinski definition) is 4. The van der Waals surface area contributed by atoms with Crippen LogP contribution >= 0.6 is 11.8 Å². The minimum Gasteiger partial charge on any atom is -0.453 e. The van der Waals surface area contributed by atoms with Crippen molar-refractivity contribution in [2.75, 3.05) is 13.4 Å². The third-order valence-corrected chi connectivity index (χ3v) is 1.33. The van der Waals surface area contributed by atoms with Gasteiger partial charge in [0.25, 0.3) is 0 Å². The summed E-state index contributed by atoms with van der Waals surface area (Å²) in [4.78, 5) is 14.5. The monoisotopic (exact) mass is 188 g/mol. The zero-order chi connectivity index (χ0) is 9.40. The van der Waals surface area contributed by atoms with Crippen LogP contribution in [0.5, 0.6) is 0 Å². The molecule has 0 radical (unpaired) electrons. The van der Waals surface area contributed by atoms with Crippen molar-refractivity contribution < 1.29 is 9.53 Å². The number of carbonyl (C=O) groups excluding carboxylic acids is 1. The van der Waals surface area contributed by atoms with Gasteiger partial charge in [-0.15, -0.1) is 11.8 Å². The highest BCUT2D eigenvalue weighted by atomic mass is 32.2. The van der Waals surface area contributed by atoms with Crippen LogP contribution in [0.15, 0.2) is 16.6 Å². The van der Waals surface area contributed by atoms with E-state index in [4.69, 9.17) is 0 Å². The van der Waals surface area contributed by atoms with Crippen LogP contribution in [0.1, 0.15) is 6.92 Å². The standard InChI is InChI=1S/C7H12N2O2S/c1-6(8-4-5-12-3)9-7(10)11-2/h4-5H,1-3H3,(H,8,9,10)/b5-4-. The lowest BCUT2D eigenvalue weighted by molar-refractivity contribution is 0.177. The van der Waals surface area contributed by atoms with Gasteiger partial charge in [0.15, 0.2) is 0 Å². The largest absolute Gasteiger partial charge is 0.453 e. The van der Waals surface area contributed by atoms with Gasteiger partial charge in [-0.3, -0.25) is 5.32 Å². The van der Waals surface area contributed by atoms with Gasteiger partial charge in [0.2, 0.25) is 0 Å². The lowest BCUT2D eigenvalue weighted by Gasteiger charge is -1.99. The quantitative estimate of drug-likeness (QED) is 0.529. The molecule has 5 heteroatoms. The van der Waals surface area contributed by atoms with Crippen molar-refractivity contribution in [1.29, 1.82) is 0 Å². The highest BCUT2D eigenvalue weighted by Crippen LogP contribution is 1.92. The van der Waals surface area contributed by atoms with Gasteiger partial charge in [-0.25, -0.2) is 9.79 Å². The van der Waals surface area contributed by atoms with Crippen molar-refractivity contribution >= 4 is 23.7 Å². The number of alkyl carbamates (subject to hydrolysis) is 1. The molecule has 0 saturated carbocycles. The second kappa shape index (κ2) is 6.72. The Hall–Kier alpha value is -0.970. The highest BCUT2D eigenvalue weighted by molar-refractivity contribution is 8.01. The molecule has 4 nitrogen and oxygen atoms in total. The fourth-order valence-electron chi connectivity index (χ4n) is 0.434. The molecule has 0 aliphatic heterocycles. The number of nitrogens with one attached hydrogen (secondary N) is 1. The molecule has 0 aliphatic carbocycles. The summed E-state index contributed by atoms with van der Waals surface area (Å²) in [6, 6.07) is 0. The normalized spacial score (nSPS) is 11.8. The van der Waals surface area contributed by atoms with E-state index < -0.39 is 6.09 Å². The fraction of sp³-hybridized carbons (Fsp3) is 0.429. The highest BCUT2D eigenvalue weighted by Gasteiger charge is 1.97. The Labute approximate surface area is 76.1 Å². The summed E-state index contributed by atoms with van der Waals surface area (Å²) < 4.78 is 4.37. The van der Waals surface area contributed by atoms with Crippen molar-refractivity contribution in [1.82, 2.24) is 5.32 Å². The van der Waals surface area contributed by atoms with E-state index in [1.54, 1.807) is 13.1 Å². The third kappa shape index (κ3) is 5.79. The Balaban J connectivity index is 3.85. The van der Waals surface area contributed by atoms with Crippen LogP contribution in [0, 0.1) is 0 Å². The predicted molar refractivity (Wildman–Crippen MR) is 51.3 cm³/mol. The number of thioether (sulfide) groups is 1. The maximum absolute atomic E-state index is 10.6. The van der Waals surface area contributed by atoms with Crippen LogP contribution in [0.25, 0.3) is 0 Å². The Kier molecular flexibility index (Phi) is 6.18. The second-order valence-corrected chi connectivity index (χ2v) is 2.60. The smallest absolute Gasteiger partial charge is 0.412 e. The number of aliphatic imine (C=N–C) groups is 1. The molecule has 0 aromatic rings. The van der Waals surface area contributed by atoms with E-state index in [9.17, 15) is 4.79 Å². The molecule has 0 atom stereocenters. The SMILES string of the molecule is COC(=O)NC(C)=N/C=C\SC. The molecule has 0 unspecified atom stereocenters. The average Bonchev–Trinajstić information content (AvgIpc) is 2.05. The Bertz CT molecular complexity index is 202. The maximum atomic E-state index is 10.6. The Morgan fingerprint density at radius 2 is 2.33 bits per heavy atom. The van der Waals surface area contributed by atoms with Gasteiger partial charge in [-0.1, -0.05) is 0 Å². The van der Waals surface area contributed by atoms with Gasteiger partial charge in [0, 0.05) is 6.20 Å². The molecule has 68 valence electrons. The molecule has 0 spiro atoms. The van der Waals surface area contributed by atoms with E-state index in [1.807, 2.05) is 11.7 Å². The minimum atomic E-state index is -0.506. The molecule has 1 N–H and O–H groups in total. The van der Waals surface area contributed by atoms with Gasteiger partial charge in [0.05, 0.1) is 7.11 Å². The second-order valence-electron chi connectivity index (χ2n) is 1.85. The molecule has 0 aromatic heterocycles. The molecule has 0 rings (SSSR count). The minimum absolute atomic E-state index is 0.506. The number of rotatable bonds is 2. The van der Waals surface area contributed by atoms with Crippen LogP contribution in [-0.4, -0.2) is 25.3 Å². The summed E-state index contributed by atoms with van der Waals surface area (Å²) >= 11 is 1.54. The van der Waals surface area contributed by atoms with Gasteiger partial charge in [0.1, 0.15) is 5.84 Å². The van der Waals surface area contributed by atoms with Crippen LogP contribution in [0.4, 0.5) is 4.79 Å². The summed E-state index contributed by atoms with van der Waals surface area (Å²) in [7, 11) is 1.31. The molecule has 12 heavy (non-hydrogen) atoms. The Morgan fingerprint density at radius 1 is 1.67 bits per heavy atom. The number of amides is 1. The van der Waals surface area contributed by atoms with E-state index in [-0.39, 0.29) is 0 Å². The van der Waals surface area contributed by atoms with Crippen molar-refractivity contribution in [2.45, 2.75) is 6.92 Å². The molecule has 0 bridgehead atoms. The van der Waals surface area contributed by atoms with Crippen molar-refractivity contribution in [2.24, 2.45) is 4.99 Å². The first-order valence-corrected chi connectivity index (χ1v) is 4.56. The van der Waals surface area contributed by atoms with Crippen molar-refractivity contribution in [3.8, 4) is 0 Å². The third-order valence-electron chi connectivity index (χ3n) is 0.933. The molecule has 1 amide bonds. The van der Waals surface area contributed by atoms with E-state index in [1.165, 1.54) is 18.9 Å². The van der Waals surface area contributed by atoms with Crippen LogP contribution in [0.3, 0.4) is 0 Å². The molecule has 0 aliphatic rings. The van der Waals surface area contributed by atoms with Gasteiger partial charge >= 0.3 is 6.09 Å². The molecule has 0 saturated heterocycles. The van der Waals surface area contributed by atoms with Gasteiger partial charge < -0.3 is 4.74 Å². The number of amidine groups is 1. The lowest BCUT2D eigenvalue weighted by atomic mass is 10.6. The maximum Gasteiger partial charge on any atom is 0.412 e. The molecular weight excluding hydrogens is 176 g/mol. The first-order valence-electron chi connectivity index (χ1n) is 3.28. The molecule has 0 fully saturated rings. The zero-order valence-corrected chi connectivity index (χ0v) is 8.14. The first-order chi connectivity index (χ1) is 5.70. The summed E-state index contributed by atoms with van der Waals surface area (Å²) in [6.07, 6.45) is 3.03. The predicted octanol–water partition coefficient (Wildman–Crippen LogP) is 1.59. The fourth-order valence-corrected chi connectivity index (χ4v) is 0.617. The Morgan fingerprint density at radius 3 is 2.83 bits per heavy atom. The van der Waals surface area contributed by atoms with Crippen LogP contribution in [0.2, 0.25) is 0 Å². The zero-order valence-electron chi connectivity index (χ0n) is 7.33. The van der Waals surface area contributed by atoms with Gasteiger partial charge in [-0.05, 0) is 18.6 Å². The number of hydrogen-bond donors (Lipinski definition) is 1. The first kappa shape index (κ1) is 11.0. The summed E-state index contributed by atoms with van der Waals surface area (Å²) in [5, 5.41) is 4.22. The summed E-state index contributed by atoms with van der Waals surface area (Å²) in [5.41, 5.74) is 0. The van der Waals surface area contributed by atoms with Crippen LogP contribution in [-0.2, 0) is 4.74 Å². The van der Waals surface area contributed by atoms with Crippen LogP contribution < -0.4 is 5.32 Å². The van der Waals surface area contributed by atoms with E-state index in [0.29, 0.717) is 5.84 Å². The van der Waals surface area contributed by atoms with E-state index >= 15 is 0 Å². The molecular formula is C7H12N2O2S.